The van der Waals surface area contributed by atoms with Crippen LogP contribution in [0.15, 0.2) is 79.4 Å². The Morgan fingerprint density at radius 2 is 1.67 bits per heavy atom. The number of nitrogens with one attached hydrogen (secondary N) is 1. The number of anilines is 1. The zero-order valence-corrected chi connectivity index (χ0v) is 17.9. The summed E-state index contributed by atoms with van der Waals surface area (Å²) >= 11 is 0. The highest BCUT2D eigenvalue weighted by atomic mass is 16.2. The van der Waals surface area contributed by atoms with Crippen molar-refractivity contribution in [3.63, 3.8) is 0 Å². The zero-order valence-electron chi connectivity index (χ0n) is 17.9. The lowest BCUT2D eigenvalue weighted by molar-refractivity contribution is -0.116. The smallest absolute Gasteiger partial charge is 0.261 e. The van der Waals surface area contributed by atoms with Crippen molar-refractivity contribution in [2.24, 2.45) is 0 Å². The van der Waals surface area contributed by atoms with Gasteiger partial charge in [0.05, 0.1) is 6.33 Å². The number of imidazole rings is 1. The number of hydrogen-bond acceptors (Lipinski definition) is 4. The molecule has 1 N–H and O–H groups in total. The van der Waals surface area contributed by atoms with Gasteiger partial charge in [0, 0.05) is 54.1 Å². The van der Waals surface area contributed by atoms with E-state index in [9.17, 15) is 14.4 Å². The Labute approximate surface area is 190 Å². The maximum absolute atomic E-state index is 12.9. The zero-order chi connectivity index (χ0) is 22.8. The van der Waals surface area contributed by atoms with E-state index in [0.717, 1.165) is 10.9 Å². The molecular formula is C26H22N4O3. The van der Waals surface area contributed by atoms with E-state index in [0.29, 0.717) is 35.2 Å². The van der Waals surface area contributed by atoms with Crippen LogP contribution in [0.25, 0.3) is 10.8 Å². The predicted molar refractivity (Wildman–Crippen MR) is 125 cm³/mol. The molecule has 0 aliphatic carbocycles. The van der Waals surface area contributed by atoms with Crippen LogP contribution in [0.4, 0.5) is 5.69 Å². The maximum Gasteiger partial charge on any atom is 0.261 e. The van der Waals surface area contributed by atoms with Gasteiger partial charge in [-0.05, 0) is 41.6 Å². The van der Waals surface area contributed by atoms with Crippen LogP contribution in [0.5, 0.6) is 0 Å². The van der Waals surface area contributed by atoms with Gasteiger partial charge in [-0.15, -0.1) is 0 Å². The molecule has 0 fully saturated rings. The molecule has 2 heterocycles. The minimum atomic E-state index is -0.308. The normalized spacial score (nSPS) is 12.9. The fourth-order valence-corrected chi connectivity index (χ4v) is 4.24. The average Bonchev–Trinajstić information content (AvgIpc) is 3.33. The van der Waals surface area contributed by atoms with Gasteiger partial charge >= 0.3 is 0 Å². The number of rotatable bonds is 7. The van der Waals surface area contributed by atoms with Crippen LogP contribution in [0.2, 0.25) is 0 Å². The maximum atomic E-state index is 12.9. The van der Waals surface area contributed by atoms with E-state index in [4.69, 9.17) is 0 Å². The summed E-state index contributed by atoms with van der Waals surface area (Å²) < 4.78 is 1.95. The largest absolute Gasteiger partial charge is 0.333 e. The van der Waals surface area contributed by atoms with Crippen LogP contribution in [0, 0.1) is 0 Å². The minimum Gasteiger partial charge on any atom is -0.333 e. The standard InChI is InChI=1S/C26H22N4O3/c31-23(28-20-8-1-5-18(15-20)16-29-14-12-27-17-29)11-4-13-30-25(32)21-9-2-6-19-7-3-10-22(24(19)21)26(30)33/h1-3,5-10,12,14-15,17H,4,11,13,16H2,(H,28,31). The number of imide groups is 1. The Hall–Kier alpha value is -4.26. The second-order valence-electron chi connectivity index (χ2n) is 8.06. The second kappa shape index (κ2) is 8.70. The van der Waals surface area contributed by atoms with Gasteiger partial charge in [0.25, 0.3) is 11.8 Å². The number of carbonyl (C=O) groups is 3. The summed E-state index contributed by atoms with van der Waals surface area (Å²) in [7, 11) is 0. The average molecular weight is 438 g/mol. The first-order chi connectivity index (χ1) is 16.1. The van der Waals surface area contributed by atoms with Gasteiger partial charge in [-0.1, -0.05) is 36.4 Å². The van der Waals surface area contributed by atoms with E-state index in [1.54, 1.807) is 24.7 Å². The lowest BCUT2D eigenvalue weighted by Gasteiger charge is -2.27. The van der Waals surface area contributed by atoms with Crippen molar-refractivity contribution in [2.75, 3.05) is 11.9 Å². The van der Waals surface area contributed by atoms with Crippen LogP contribution in [0.3, 0.4) is 0 Å². The molecule has 0 saturated carbocycles. The minimum absolute atomic E-state index is 0.158. The summed E-state index contributed by atoms with van der Waals surface area (Å²) in [5, 5.41) is 4.49. The molecule has 7 nitrogen and oxygen atoms in total. The molecule has 164 valence electrons. The Bertz CT molecular complexity index is 1310. The van der Waals surface area contributed by atoms with Gasteiger partial charge in [0.15, 0.2) is 0 Å². The third-order valence-electron chi connectivity index (χ3n) is 5.78. The van der Waals surface area contributed by atoms with Crippen molar-refractivity contribution in [3.05, 3.63) is 96.1 Å². The highest BCUT2D eigenvalue weighted by Gasteiger charge is 2.32. The van der Waals surface area contributed by atoms with Crippen molar-refractivity contribution >= 4 is 34.2 Å². The van der Waals surface area contributed by atoms with Crippen molar-refractivity contribution in [3.8, 4) is 0 Å². The monoisotopic (exact) mass is 438 g/mol. The molecule has 0 atom stereocenters. The van der Waals surface area contributed by atoms with Crippen LogP contribution in [-0.4, -0.2) is 38.7 Å². The number of amides is 3. The summed E-state index contributed by atoms with van der Waals surface area (Å²) in [6, 6.07) is 18.6. The molecule has 7 heteroatoms. The van der Waals surface area contributed by atoms with Gasteiger partial charge < -0.3 is 9.88 Å². The number of benzene rings is 3. The Morgan fingerprint density at radius 3 is 2.36 bits per heavy atom. The van der Waals surface area contributed by atoms with Crippen LogP contribution >= 0.6 is 0 Å². The quantitative estimate of drug-likeness (QED) is 0.440. The molecule has 3 amide bonds. The number of hydrogen-bond donors (Lipinski definition) is 1. The van der Waals surface area contributed by atoms with Crippen LogP contribution in [0.1, 0.15) is 39.1 Å². The van der Waals surface area contributed by atoms with Gasteiger partial charge in [0.1, 0.15) is 0 Å². The third kappa shape index (κ3) is 4.13. The Kier molecular flexibility index (Phi) is 5.44. The summed E-state index contributed by atoms with van der Waals surface area (Å²) in [5.74, 6) is -0.775. The second-order valence-corrected chi connectivity index (χ2v) is 8.06. The first-order valence-electron chi connectivity index (χ1n) is 10.8. The topological polar surface area (TPSA) is 84.3 Å². The lowest BCUT2D eigenvalue weighted by atomic mass is 9.94. The number of nitrogens with zero attached hydrogens (tertiary/aromatic N) is 3. The molecule has 0 unspecified atom stereocenters. The molecule has 1 aliphatic heterocycles. The van der Waals surface area contributed by atoms with E-state index in [2.05, 4.69) is 10.3 Å². The van der Waals surface area contributed by atoms with Crippen molar-refractivity contribution < 1.29 is 14.4 Å². The SMILES string of the molecule is O=C(CCCN1C(=O)c2cccc3cccc(c23)C1=O)Nc1cccc(Cn2ccnc2)c1. The molecule has 5 rings (SSSR count). The summed E-state index contributed by atoms with van der Waals surface area (Å²) in [4.78, 5) is 43.7. The van der Waals surface area contributed by atoms with Crippen molar-refractivity contribution in [1.82, 2.24) is 14.5 Å². The van der Waals surface area contributed by atoms with Crippen molar-refractivity contribution in [1.29, 1.82) is 0 Å². The molecule has 3 aromatic carbocycles. The number of aromatic nitrogens is 2. The van der Waals surface area contributed by atoms with E-state index < -0.39 is 0 Å². The Balaban J connectivity index is 1.20. The highest BCUT2D eigenvalue weighted by Crippen LogP contribution is 2.30. The van der Waals surface area contributed by atoms with Gasteiger partial charge in [-0.3, -0.25) is 19.3 Å². The van der Waals surface area contributed by atoms with Crippen LogP contribution in [-0.2, 0) is 11.3 Å². The van der Waals surface area contributed by atoms with E-state index in [1.165, 1.54) is 4.90 Å². The van der Waals surface area contributed by atoms with E-state index in [1.807, 2.05) is 59.3 Å². The van der Waals surface area contributed by atoms with Gasteiger partial charge in [-0.2, -0.15) is 0 Å². The molecule has 33 heavy (non-hydrogen) atoms. The summed E-state index contributed by atoms with van der Waals surface area (Å²) in [5.41, 5.74) is 2.82. The molecule has 1 aromatic heterocycles. The first kappa shape index (κ1) is 20.6. The molecule has 0 spiro atoms. The fraction of sp³-hybridized carbons (Fsp3) is 0.154. The Morgan fingerprint density at radius 1 is 0.939 bits per heavy atom. The number of carbonyl (C=O) groups excluding carboxylic acids is 3. The van der Waals surface area contributed by atoms with Gasteiger partial charge in [0.2, 0.25) is 5.91 Å². The summed E-state index contributed by atoms with van der Waals surface area (Å²) in [6.45, 7) is 0.855. The molecule has 1 aliphatic rings. The molecular weight excluding hydrogens is 416 g/mol. The van der Waals surface area contributed by atoms with Gasteiger partial charge in [-0.25, -0.2) is 4.98 Å². The summed E-state index contributed by atoms with van der Waals surface area (Å²) in [6.07, 6.45) is 5.94. The predicted octanol–water partition coefficient (Wildman–Crippen LogP) is 4.10. The van der Waals surface area contributed by atoms with E-state index >= 15 is 0 Å². The van der Waals surface area contributed by atoms with Crippen molar-refractivity contribution in [2.45, 2.75) is 19.4 Å². The molecule has 0 radical (unpaired) electrons. The molecule has 0 bridgehead atoms. The molecule has 4 aromatic rings. The third-order valence-corrected chi connectivity index (χ3v) is 5.78. The first-order valence-corrected chi connectivity index (χ1v) is 10.8. The van der Waals surface area contributed by atoms with Crippen LogP contribution < -0.4 is 5.32 Å². The molecule has 0 saturated heterocycles. The highest BCUT2D eigenvalue weighted by molar-refractivity contribution is 6.25. The lowest BCUT2D eigenvalue weighted by Crippen LogP contribution is -2.41. The van der Waals surface area contributed by atoms with E-state index in [-0.39, 0.29) is 30.7 Å². The fourth-order valence-electron chi connectivity index (χ4n) is 4.24.